The molecule has 1 aromatic heterocycles. The number of nitrogens with zero attached hydrogens (tertiary/aromatic N) is 2. The van der Waals surface area contributed by atoms with Crippen molar-refractivity contribution >= 4 is 11.3 Å². The Labute approximate surface area is 101 Å². The summed E-state index contributed by atoms with van der Waals surface area (Å²) in [6, 6.07) is 0. The van der Waals surface area contributed by atoms with Crippen molar-refractivity contribution < 1.29 is 5.11 Å². The number of rotatable bonds is 6. The maximum atomic E-state index is 9.00. The molecule has 1 heterocycles. The van der Waals surface area contributed by atoms with Crippen LogP contribution in [0, 0.1) is 0 Å². The summed E-state index contributed by atoms with van der Waals surface area (Å²) in [7, 11) is 0. The molecule has 2 rings (SSSR count). The fourth-order valence-corrected chi connectivity index (χ4v) is 3.43. The molecular weight excluding hydrogens is 220 g/mol. The molecule has 1 aliphatic carbocycles. The number of fused-ring (bicyclic) bond motifs is 1. The second-order valence-electron chi connectivity index (χ2n) is 4.33. The van der Waals surface area contributed by atoms with Gasteiger partial charge in [0.1, 0.15) is 5.01 Å². The summed E-state index contributed by atoms with van der Waals surface area (Å²) in [5, 5.41) is 10.2. The molecule has 0 amide bonds. The van der Waals surface area contributed by atoms with Gasteiger partial charge in [-0.1, -0.05) is 6.92 Å². The van der Waals surface area contributed by atoms with Gasteiger partial charge in [0, 0.05) is 11.4 Å². The molecule has 0 aromatic carbocycles. The normalized spacial score (nSPS) is 14.7. The van der Waals surface area contributed by atoms with Crippen LogP contribution in [0.3, 0.4) is 0 Å². The topological polar surface area (TPSA) is 36.4 Å². The first-order chi connectivity index (χ1) is 7.83. The van der Waals surface area contributed by atoms with Crippen LogP contribution in [0.15, 0.2) is 0 Å². The number of hydrogen-bond acceptors (Lipinski definition) is 4. The zero-order chi connectivity index (χ0) is 11.4. The Hall–Kier alpha value is -0.450. The lowest BCUT2D eigenvalue weighted by molar-refractivity contribution is 0.190. The van der Waals surface area contributed by atoms with Crippen LogP contribution in [-0.4, -0.2) is 34.7 Å². The predicted molar refractivity (Wildman–Crippen MR) is 66.8 cm³/mol. The summed E-state index contributed by atoms with van der Waals surface area (Å²) in [5.41, 5.74) is 1.33. The maximum Gasteiger partial charge on any atom is 0.107 e. The molecule has 0 saturated carbocycles. The predicted octanol–water partition coefficient (Wildman–Crippen LogP) is 1.84. The zero-order valence-electron chi connectivity index (χ0n) is 9.91. The summed E-state index contributed by atoms with van der Waals surface area (Å²) in [4.78, 5) is 8.47. The van der Waals surface area contributed by atoms with Gasteiger partial charge in [0.15, 0.2) is 0 Å². The third kappa shape index (κ3) is 2.81. The highest BCUT2D eigenvalue weighted by molar-refractivity contribution is 7.11. The minimum absolute atomic E-state index is 0.241. The number of aryl methyl sites for hydroxylation is 2. The van der Waals surface area contributed by atoms with Gasteiger partial charge in [0.25, 0.3) is 0 Å². The first kappa shape index (κ1) is 12.0. The largest absolute Gasteiger partial charge is 0.395 e. The van der Waals surface area contributed by atoms with Gasteiger partial charge >= 0.3 is 0 Å². The van der Waals surface area contributed by atoms with Gasteiger partial charge in [-0.3, -0.25) is 4.90 Å². The number of hydrogen-bond donors (Lipinski definition) is 1. The molecule has 1 aromatic rings. The van der Waals surface area contributed by atoms with E-state index in [-0.39, 0.29) is 6.61 Å². The SMILES string of the molecule is CCCN(CCO)Cc1nc2c(s1)CCC2. The molecule has 0 atom stereocenters. The van der Waals surface area contributed by atoms with E-state index in [2.05, 4.69) is 11.8 Å². The molecule has 1 N–H and O–H groups in total. The van der Waals surface area contributed by atoms with Crippen molar-refractivity contribution in [3.8, 4) is 0 Å². The molecule has 0 fully saturated rings. The number of aliphatic hydroxyl groups is 1. The van der Waals surface area contributed by atoms with Gasteiger partial charge in [0.2, 0.25) is 0 Å². The minimum Gasteiger partial charge on any atom is -0.395 e. The molecular formula is C12H20N2OS. The molecule has 3 nitrogen and oxygen atoms in total. The summed E-state index contributed by atoms with van der Waals surface area (Å²) >= 11 is 1.87. The van der Waals surface area contributed by atoms with E-state index in [1.165, 1.54) is 34.8 Å². The van der Waals surface area contributed by atoms with Crippen LogP contribution >= 0.6 is 11.3 Å². The molecule has 0 spiro atoms. The summed E-state index contributed by atoms with van der Waals surface area (Å²) in [5.74, 6) is 0. The lowest BCUT2D eigenvalue weighted by Crippen LogP contribution is -2.27. The third-order valence-corrected chi connectivity index (χ3v) is 4.10. The average molecular weight is 240 g/mol. The molecule has 0 unspecified atom stereocenters. The second kappa shape index (κ2) is 5.75. The Morgan fingerprint density at radius 2 is 2.25 bits per heavy atom. The van der Waals surface area contributed by atoms with Crippen molar-refractivity contribution in [3.05, 3.63) is 15.6 Å². The van der Waals surface area contributed by atoms with Crippen molar-refractivity contribution in [3.63, 3.8) is 0 Å². The molecule has 16 heavy (non-hydrogen) atoms. The summed E-state index contributed by atoms with van der Waals surface area (Å²) < 4.78 is 0. The smallest absolute Gasteiger partial charge is 0.107 e. The fourth-order valence-electron chi connectivity index (χ4n) is 2.23. The van der Waals surface area contributed by atoms with Gasteiger partial charge in [-0.25, -0.2) is 4.98 Å². The van der Waals surface area contributed by atoms with E-state index in [0.717, 1.165) is 26.1 Å². The quantitative estimate of drug-likeness (QED) is 0.824. The molecule has 1 aliphatic rings. The highest BCUT2D eigenvalue weighted by Gasteiger charge is 2.17. The van der Waals surface area contributed by atoms with Gasteiger partial charge in [-0.2, -0.15) is 0 Å². The fraction of sp³-hybridized carbons (Fsp3) is 0.750. The molecule has 0 bridgehead atoms. The number of aromatic nitrogens is 1. The molecule has 0 saturated heterocycles. The van der Waals surface area contributed by atoms with E-state index in [9.17, 15) is 0 Å². The molecule has 0 aliphatic heterocycles. The molecule has 90 valence electrons. The van der Waals surface area contributed by atoms with Gasteiger partial charge in [-0.05, 0) is 32.2 Å². The number of aliphatic hydroxyl groups excluding tert-OH is 1. The van der Waals surface area contributed by atoms with Crippen LogP contribution in [0.1, 0.15) is 35.3 Å². The minimum atomic E-state index is 0.241. The van der Waals surface area contributed by atoms with Crippen molar-refractivity contribution in [1.82, 2.24) is 9.88 Å². The summed E-state index contributed by atoms with van der Waals surface area (Å²) in [6.45, 7) is 5.13. The Kier molecular flexibility index (Phi) is 4.32. The van der Waals surface area contributed by atoms with E-state index in [1.54, 1.807) is 0 Å². The van der Waals surface area contributed by atoms with Gasteiger partial charge < -0.3 is 5.11 Å². The van der Waals surface area contributed by atoms with E-state index >= 15 is 0 Å². The van der Waals surface area contributed by atoms with Crippen LogP contribution < -0.4 is 0 Å². The lowest BCUT2D eigenvalue weighted by atomic mass is 10.3. The standard InChI is InChI=1S/C12H20N2OS/c1-2-6-14(7-8-15)9-12-13-10-4-3-5-11(10)16-12/h15H,2-9H2,1H3. The monoisotopic (exact) mass is 240 g/mol. The molecule has 4 heteroatoms. The van der Waals surface area contributed by atoms with Gasteiger partial charge in [0.05, 0.1) is 18.8 Å². The van der Waals surface area contributed by atoms with Crippen molar-refractivity contribution in [2.24, 2.45) is 0 Å². The van der Waals surface area contributed by atoms with Crippen LogP contribution in [0.4, 0.5) is 0 Å². The first-order valence-electron chi connectivity index (χ1n) is 6.14. The van der Waals surface area contributed by atoms with E-state index in [1.807, 2.05) is 11.3 Å². The Balaban J connectivity index is 1.95. The van der Waals surface area contributed by atoms with Crippen molar-refractivity contribution in [2.45, 2.75) is 39.2 Å². The van der Waals surface area contributed by atoms with Crippen LogP contribution in [0.25, 0.3) is 0 Å². The van der Waals surface area contributed by atoms with Crippen LogP contribution in [0.5, 0.6) is 0 Å². The zero-order valence-corrected chi connectivity index (χ0v) is 10.7. The highest BCUT2D eigenvalue weighted by Crippen LogP contribution is 2.28. The Morgan fingerprint density at radius 1 is 1.38 bits per heavy atom. The van der Waals surface area contributed by atoms with Crippen LogP contribution in [0.2, 0.25) is 0 Å². The van der Waals surface area contributed by atoms with Crippen molar-refractivity contribution in [2.75, 3.05) is 19.7 Å². The Morgan fingerprint density at radius 3 is 2.94 bits per heavy atom. The average Bonchev–Trinajstić information content (AvgIpc) is 2.78. The highest BCUT2D eigenvalue weighted by atomic mass is 32.1. The maximum absolute atomic E-state index is 9.00. The Bertz CT molecular complexity index is 310. The first-order valence-corrected chi connectivity index (χ1v) is 6.95. The van der Waals surface area contributed by atoms with Gasteiger partial charge in [-0.15, -0.1) is 11.3 Å². The second-order valence-corrected chi connectivity index (χ2v) is 5.50. The van der Waals surface area contributed by atoms with Crippen LogP contribution in [-0.2, 0) is 19.4 Å². The third-order valence-electron chi connectivity index (χ3n) is 2.95. The summed E-state index contributed by atoms with van der Waals surface area (Å²) in [6.07, 6.45) is 4.80. The lowest BCUT2D eigenvalue weighted by Gasteiger charge is -2.18. The van der Waals surface area contributed by atoms with E-state index in [0.29, 0.717) is 0 Å². The van der Waals surface area contributed by atoms with E-state index < -0.39 is 0 Å². The van der Waals surface area contributed by atoms with Crippen molar-refractivity contribution in [1.29, 1.82) is 0 Å². The molecule has 0 radical (unpaired) electrons. The number of thiazole rings is 1. The van der Waals surface area contributed by atoms with E-state index in [4.69, 9.17) is 10.1 Å².